The summed E-state index contributed by atoms with van der Waals surface area (Å²) in [5.41, 5.74) is 2.51. The molecule has 0 saturated carbocycles. The number of nitrogens with one attached hydrogen (secondary N) is 2. The number of aromatic nitrogens is 2. The summed E-state index contributed by atoms with van der Waals surface area (Å²) in [6.07, 6.45) is 6.18. The number of carbonyl (C=O) groups is 1. The Morgan fingerprint density at radius 3 is 2.44 bits per heavy atom. The summed E-state index contributed by atoms with van der Waals surface area (Å²) in [7, 11) is 0. The third-order valence-electron chi connectivity index (χ3n) is 5.48. The highest BCUT2D eigenvalue weighted by Crippen LogP contribution is 2.28. The molecule has 1 aromatic heterocycles. The zero-order valence-electron chi connectivity index (χ0n) is 15.6. The van der Waals surface area contributed by atoms with E-state index in [0.29, 0.717) is 22.7 Å². The van der Waals surface area contributed by atoms with E-state index in [1.807, 2.05) is 28.9 Å². The molecule has 2 saturated heterocycles. The average Bonchev–Trinajstić information content (AvgIpc) is 3.19. The molecule has 2 atom stereocenters. The monoisotopic (exact) mass is 408 g/mol. The standard InChI is InChI=1S/C20H25ClN4O.ClH/c1-12(2)19-18(11-22-25(19)17-7-3-13(21)4-8-17)20(26)24-16-9-14-5-6-15(10-16)23-14;/h3-4,7-8,11-12,14-16,23H,5-6,9-10H2,1-2H3,(H,24,26);1H. The van der Waals surface area contributed by atoms with Gasteiger partial charge in [0.25, 0.3) is 5.91 Å². The van der Waals surface area contributed by atoms with Crippen molar-refractivity contribution in [1.82, 2.24) is 20.4 Å². The van der Waals surface area contributed by atoms with Crippen LogP contribution in [0.2, 0.25) is 5.02 Å². The molecule has 5 nitrogen and oxygen atoms in total. The van der Waals surface area contributed by atoms with Crippen LogP contribution in [0.1, 0.15) is 61.5 Å². The van der Waals surface area contributed by atoms with Crippen LogP contribution in [0.5, 0.6) is 0 Å². The van der Waals surface area contributed by atoms with E-state index in [2.05, 4.69) is 29.6 Å². The molecule has 1 amide bonds. The second-order valence-corrected chi connectivity index (χ2v) is 8.20. The molecule has 3 heterocycles. The quantitative estimate of drug-likeness (QED) is 0.800. The smallest absolute Gasteiger partial charge is 0.255 e. The SMILES string of the molecule is CC(C)c1c(C(=O)NC2CC3CCC(C2)N3)cnn1-c1ccc(Cl)cc1.Cl. The van der Waals surface area contributed by atoms with E-state index in [0.717, 1.165) is 24.2 Å². The molecule has 146 valence electrons. The van der Waals surface area contributed by atoms with Crippen molar-refractivity contribution >= 4 is 29.9 Å². The van der Waals surface area contributed by atoms with Crippen LogP contribution in [0.25, 0.3) is 5.69 Å². The van der Waals surface area contributed by atoms with Gasteiger partial charge in [-0.05, 0) is 55.9 Å². The van der Waals surface area contributed by atoms with Crippen LogP contribution in [0.3, 0.4) is 0 Å². The number of hydrogen-bond donors (Lipinski definition) is 2. The van der Waals surface area contributed by atoms with Crippen LogP contribution in [0.15, 0.2) is 30.5 Å². The Balaban J connectivity index is 0.00000210. The van der Waals surface area contributed by atoms with E-state index in [1.54, 1.807) is 6.20 Å². The van der Waals surface area contributed by atoms with Crippen molar-refractivity contribution in [2.45, 2.75) is 63.6 Å². The van der Waals surface area contributed by atoms with Gasteiger partial charge >= 0.3 is 0 Å². The van der Waals surface area contributed by atoms with E-state index in [4.69, 9.17) is 11.6 Å². The molecule has 2 bridgehead atoms. The summed E-state index contributed by atoms with van der Waals surface area (Å²) in [6.45, 7) is 4.18. The maximum Gasteiger partial charge on any atom is 0.255 e. The number of carbonyl (C=O) groups excluding carboxylic acids is 1. The number of piperidine rings is 1. The molecular formula is C20H26Cl2N4O. The Kier molecular flexibility index (Phi) is 6.14. The van der Waals surface area contributed by atoms with Gasteiger partial charge < -0.3 is 10.6 Å². The minimum atomic E-state index is -0.0137. The lowest BCUT2D eigenvalue weighted by molar-refractivity contribution is 0.0922. The van der Waals surface area contributed by atoms with Gasteiger partial charge in [-0.2, -0.15) is 5.10 Å². The van der Waals surface area contributed by atoms with Gasteiger partial charge in [-0.25, -0.2) is 4.68 Å². The van der Waals surface area contributed by atoms with Crippen molar-refractivity contribution in [1.29, 1.82) is 0 Å². The van der Waals surface area contributed by atoms with Crippen LogP contribution in [-0.4, -0.2) is 33.8 Å². The van der Waals surface area contributed by atoms with Gasteiger partial charge in [0, 0.05) is 23.1 Å². The summed E-state index contributed by atoms with van der Waals surface area (Å²) in [5, 5.41) is 12.0. The molecule has 27 heavy (non-hydrogen) atoms. The van der Waals surface area contributed by atoms with Gasteiger partial charge in [-0.3, -0.25) is 4.79 Å². The molecule has 2 N–H and O–H groups in total. The van der Waals surface area contributed by atoms with E-state index >= 15 is 0 Å². The van der Waals surface area contributed by atoms with Crippen LogP contribution < -0.4 is 10.6 Å². The lowest BCUT2D eigenvalue weighted by Gasteiger charge is -2.29. The zero-order valence-corrected chi connectivity index (χ0v) is 17.2. The van der Waals surface area contributed by atoms with Crippen LogP contribution in [0.4, 0.5) is 0 Å². The normalized spacial score (nSPS) is 23.9. The number of nitrogens with zero attached hydrogens (tertiary/aromatic N) is 2. The van der Waals surface area contributed by atoms with Gasteiger partial charge in [-0.15, -0.1) is 12.4 Å². The molecule has 2 unspecified atom stereocenters. The first kappa shape index (κ1) is 20.2. The summed E-state index contributed by atoms with van der Waals surface area (Å²) in [4.78, 5) is 13.0. The summed E-state index contributed by atoms with van der Waals surface area (Å²) < 4.78 is 1.85. The number of benzene rings is 1. The van der Waals surface area contributed by atoms with E-state index < -0.39 is 0 Å². The third-order valence-corrected chi connectivity index (χ3v) is 5.73. The fourth-order valence-electron chi connectivity index (χ4n) is 4.31. The Morgan fingerprint density at radius 1 is 1.22 bits per heavy atom. The zero-order chi connectivity index (χ0) is 18.3. The fraction of sp³-hybridized carbons (Fsp3) is 0.500. The highest BCUT2D eigenvalue weighted by Gasteiger charge is 2.34. The number of halogens is 2. The molecule has 2 aromatic rings. The number of amides is 1. The number of hydrogen-bond acceptors (Lipinski definition) is 3. The Morgan fingerprint density at radius 2 is 1.85 bits per heavy atom. The molecule has 4 rings (SSSR count). The van der Waals surface area contributed by atoms with Crippen LogP contribution in [0, 0.1) is 0 Å². The predicted molar refractivity (Wildman–Crippen MR) is 110 cm³/mol. The maximum absolute atomic E-state index is 13.0. The van der Waals surface area contributed by atoms with Crippen molar-refractivity contribution in [3.05, 3.63) is 46.7 Å². The van der Waals surface area contributed by atoms with Crippen molar-refractivity contribution in [3.63, 3.8) is 0 Å². The molecular weight excluding hydrogens is 383 g/mol. The summed E-state index contributed by atoms with van der Waals surface area (Å²) in [5.74, 6) is 0.165. The molecule has 0 aliphatic carbocycles. The molecule has 2 fully saturated rings. The average molecular weight is 409 g/mol. The Labute approximate surface area is 171 Å². The highest BCUT2D eigenvalue weighted by atomic mass is 35.5. The molecule has 0 spiro atoms. The Hall–Kier alpha value is -1.56. The first-order valence-electron chi connectivity index (χ1n) is 9.42. The third kappa shape index (κ3) is 4.15. The lowest BCUT2D eigenvalue weighted by atomic mass is 9.99. The predicted octanol–water partition coefficient (Wildman–Crippen LogP) is 4.08. The maximum atomic E-state index is 13.0. The van der Waals surface area contributed by atoms with E-state index in [-0.39, 0.29) is 30.3 Å². The summed E-state index contributed by atoms with van der Waals surface area (Å²) >= 11 is 6.00. The van der Waals surface area contributed by atoms with Gasteiger partial charge in [-0.1, -0.05) is 25.4 Å². The van der Waals surface area contributed by atoms with Gasteiger partial charge in [0.05, 0.1) is 23.1 Å². The first-order chi connectivity index (χ1) is 12.5. The Bertz CT molecular complexity index is 791. The van der Waals surface area contributed by atoms with E-state index in [9.17, 15) is 4.79 Å². The topological polar surface area (TPSA) is 59.0 Å². The second-order valence-electron chi connectivity index (χ2n) is 7.77. The molecule has 2 aliphatic rings. The van der Waals surface area contributed by atoms with Crippen LogP contribution >= 0.6 is 24.0 Å². The highest BCUT2D eigenvalue weighted by molar-refractivity contribution is 6.30. The largest absolute Gasteiger partial charge is 0.349 e. The molecule has 7 heteroatoms. The molecule has 0 radical (unpaired) electrons. The summed E-state index contributed by atoms with van der Waals surface area (Å²) in [6, 6.07) is 8.89. The van der Waals surface area contributed by atoms with Crippen molar-refractivity contribution in [2.24, 2.45) is 0 Å². The number of fused-ring (bicyclic) bond motifs is 2. The van der Waals surface area contributed by atoms with Crippen LogP contribution in [-0.2, 0) is 0 Å². The van der Waals surface area contributed by atoms with Crippen molar-refractivity contribution in [2.75, 3.05) is 0 Å². The molecule has 1 aromatic carbocycles. The van der Waals surface area contributed by atoms with Gasteiger partial charge in [0.1, 0.15) is 0 Å². The van der Waals surface area contributed by atoms with Gasteiger partial charge in [0.2, 0.25) is 0 Å². The lowest BCUT2D eigenvalue weighted by Crippen LogP contribution is -2.48. The molecule has 2 aliphatic heterocycles. The van der Waals surface area contributed by atoms with Gasteiger partial charge in [0.15, 0.2) is 0 Å². The van der Waals surface area contributed by atoms with Crippen molar-refractivity contribution in [3.8, 4) is 5.69 Å². The van der Waals surface area contributed by atoms with E-state index in [1.165, 1.54) is 12.8 Å². The fourth-order valence-corrected chi connectivity index (χ4v) is 4.44. The number of rotatable bonds is 4. The first-order valence-corrected chi connectivity index (χ1v) is 9.80. The second kappa shape index (κ2) is 8.21. The van der Waals surface area contributed by atoms with Crippen molar-refractivity contribution < 1.29 is 4.79 Å². The minimum absolute atomic E-state index is 0. The minimum Gasteiger partial charge on any atom is -0.349 e.